The quantitative estimate of drug-likeness (QED) is 0.381. The Bertz CT molecular complexity index is 715. The van der Waals surface area contributed by atoms with Crippen molar-refractivity contribution in [2.24, 2.45) is 0 Å². The van der Waals surface area contributed by atoms with Crippen molar-refractivity contribution in [1.29, 1.82) is 0 Å². The first-order valence-electron chi connectivity index (χ1n) is 8.46. The minimum atomic E-state index is 0. The SMILES string of the molecule is O.c1ccc(Sc2ccccc2)cc1.c1ccc(Sc2ccccc2)cc1. The highest BCUT2D eigenvalue weighted by Crippen LogP contribution is 2.27. The Balaban J connectivity index is 0.000000187. The van der Waals surface area contributed by atoms with E-state index < -0.39 is 0 Å². The van der Waals surface area contributed by atoms with Crippen LogP contribution in [-0.2, 0) is 0 Å². The van der Waals surface area contributed by atoms with Gasteiger partial charge in [-0.2, -0.15) is 0 Å². The molecule has 4 aromatic rings. The predicted molar refractivity (Wildman–Crippen MR) is 118 cm³/mol. The van der Waals surface area contributed by atoms with Gasteiger partial charge in [0.25, 0.3) is 0 Å². The topological polar surface area (TPSA) is 31.5 Å². The maximum atomic E-state index is 2.12. The van der Waals surface area contributed by atoms with Crippen LogP contribution in [0.5, 0.6) is 0 Å². The molecule has 1 nitrogen and oxygen atoms in total. The van der Waals surface area contributed by atoms with Crippen molar-refractivity contribution in [2.75, 3.05) is 0 Å². The third-order valence-corrected chi connectivity index (χ3v) is 5.48. The molecule has 0 aliphatic rings. The summed E-state index contributed by atoms with van der Waals surface area (Å²) in [5.74, 6) is 0. The first-order chi connectivity index (χ1) is 12.9. The molecule has 0 aliphatic carbocycles. The van der Waals surface area contributed by atoms with Crippen molar-refractivity contribution in [3.8, 4) is 0 Å². The average molecular weight is 391 g/mol. The van der Waals surface area contributed by atoms with Gasteiger partial charge < -0.3 is 5.48 Å². The summed E-state index contributed by atoms with van der Waals surface area (Å²) in [5, 5.41) is 0. The van der Waals surface area contributed by atoms with E-state index in [1.165, 1.54) is 19.6 Å². The molecule has 0 heterocycles. The van der Waals surface area contributed by atoms with Gasteiger partial charge in [0.15, 0.2) is 0 Å². The molecule has 0 fully saturated rings. The van der Waals surface area contributed by atoms with E-state index in [4.69, 9.17) is 0 Å². The summed E-state index contributed by atoms with van der Waals surface area (Å²) >= 11 is 3.58. The fourth-order valence-corrected chi connectivity index (χ4v) is 3.94. The summed E-state index contributed by atoms with van der Waals surface area (Å²) < 4.78 is 0. The minimum Gasteiger partial charge on any atom is -0.412 e. The van der Waals surface area contributed by atoms with E-state index in [0.717, 1.165) is 0 Å². The molecule has 0 saturated heterocycles. The monoisotopic (exact) mass is 390 g/mol. The molecular weight excluding hydrogens is 368 g/mol. The van der Waals surface area contributed by atoms with Crippen LogP contribution in [0.25, 0.3) is 0 Å². The maximum absolute atomic E-state index is 2.12. The second kappa shape index (κ2) is 12.0. The van der Waals surface area contributed by atoms with E-state index in [9.17, 15) is 0 Å². The van der Waals surface area contributed by atoms with Crippen LogP contribution < -0.4 is 0 Å². The maximum Gasteiger partial charge on any atom is 0.0122 e. The molecule has 0 radical (unpaired) electrons. The Labute approximate surface area is 169 Å². The second-order valence-electron chi connectivity index (χ2n) is 5.46. The molecule has 0 bridgehead atoms. The molecule has 2 N–H and O–H groups in total. The van der Waals surface area contributed by atoms with Crippen molar-refractivity contribution in [2.45, 2.75) is 19.6 Å². The Morgan fingerprint density at radius 1 is 0.296 bits per heavy atom. The number of rotatable bonds is 4. The lowest BCUT2D eigenvalue weighted by molar-refractivity contribution is 0.824. The summed E-state index contributed by atoms with van der Waals surface area (Å²) in [7, 11) is 0. The van der Waals surface area contributed by atoms with Gasteiger partial charge in [-0.3, -0.25) is 0 Å². The van der Waals surface area contributed by atoms with Crippen LogP contribution in [0.15, 0.2) is 141 Å². The Kier molecular flexibility index (Phi) is 9.28. The van der Waals surface area contributed by atoms with Crippen LogP contribution >= 0.6 is 23.5 Å². The standard InChI is InChI=1S/2C12H10S.H2O/c2*1-3-7-11(8-4-1)13-12-9-5-2-6-10-12;/h2*1-10H;1H2. The van der Waals surface area contributed by atoms with E-state index in [0.29, 0.717) is 0 Å². The Hall–Kier alpha value is -2.46. The van der Waals surface area contributed by atoms with E-state index in [1.807, 2.05) is 24.3 Å². The number of hydrogen-bond acceptors (Lipinski definition) is 2. The fourth-order valence-electron chi connectivity index (χ4n) is 2.23. The Morgan fingerprint density at radius 3 is 0.667 bits per heavy atom. The van der Waals surface area contributed by atoms with Crippen LogP contribution in [0, 0.1) is 0 Å². The van der Waals surface area contributed by atoms with Gasteiger partial charge in [0.05, 0.1) is 0 Å². The molecule has 0 unspecified atom stereocenters. The zero-order valence-corrected chi connectivity index (χ0v) is 16.5. The van der Waals surface area contributed by atoms with Crippen LogP contribution in [0.2, 0.25) is 0 Å². The molecular formula is C24H22OS2. The Morgan fingerprint density at radius 2 is 0.481 bits per heavy atom. The molecule has 0 aromatic heterocycles. The van der Waals surface area contributed by atoms with Gasteiger partial charge in [0.2, 0.25) is 0 Å². The highest BCUT2D eigenvalue weighted by molar-refractivity contribution is 7.99. The zero-order valence-electron chi connectivity index (χ0n) is 14.9. The molecule has 0 spiro atoms. The summed E-state index contributed by atoms with van der Waals surface area (Å²) in [6.07, 6.45) is 0. The third-order valence-electron chi connectivity index (χ3n) is 3.44. The lowest BCUT2D eigenvalue weighted by atomic mass is 10.4. The smallest absolute Gasteiger partial charge is 0.0122 e. The predicted octanol–water partition coefficient (Wildman–Crippen LogP) is 6.85. The molecule has 0 amide bonds. The molecule has 27 heavy (non-hydrogen) atoms. The van der Waals surface area contributed by atoms with Gasteiger partial charge in [-0.1, -0.05) is 96.3 Å². The first-order valence-corrected chi connectivity index (χ1v) is 10.1. The van der Waals surface area contributed by atoms with Crippen molar-refractivity contribution < 1.29 is 5.48 Å². The highest BCUT2D eigenvalue weighted by Gasteiger charge is 1.94. The van der Waals surface area contributed by atoms with Crippen molar-refractivity contribution >= 4 is 23.5 Å². The van der Waals surface area contributed by atoms with E-state index >= 15 is 0 Å². The average Bonchev–Trinajstić information content (AvgIpc) is 2.72. The lowest BCUT2D eigenvalue weighted by Gasteiger charge is -1.99. The van der Waals surface area contributed by atoms with Crippen LogP contribution in [0.4, 0.5) is 0 Å². The number of benzene rings is 4. The first kappa shape index (κ1) is 20.8. The van der Waals surface area contributed by atoms with Crippen LogP contribution in [0.3, 0.4) is 0 Å². The highest BCUT2D eigenvalue weighted by atomic mass is 32.2. The third kappa shape index (κ3) is 7.75. The van der Waals surface area contributed by atoms with Gasteiger partial charge in [0.1, 0.15) is 0 Å². The van der Waals surface area contributed by atoms with Gasteiger partial charge in [0, 0.05) is 19.6 Å². The van der Waals surface area contributed by atoms with Gasteiger partial charge >= 0.3 is 0 Å². The largest absolute Gasteiger partial charge is 0.412 e. The summed E-state index contributed by atoms with van der Waals surface area (Å²) in [4.78, 5) is 5.14. The lowest BCUT2D eigenvalue weighted by Crippen LogP contribution is -1.70. The van der Waals surface area contributed by atoms with E-state index in [1.54, 1.807) is 23.5 Å². The molecule has 0 atom stereocenters. The molecule has 3 heteroatoms. The minimum absolute atomic E-state index is 0. The zero-order chi connectivity index (χ0) is 17.9. The van der Waals surface area contributed by atoms with Crippen molar-refractivity contribution in [3.05, 3.63) is 121 Å². The van der Waals surface area contributed by atoms with Crippen molar-refractivity contribution in [1.82, 2.24) is 0 Å². The molecule has 4 aromatic carbocycles. The van der Waals surface area contributed by atoms with E-state index in [2.05, 4.69) is 97.1 Å². The fraction of sp³-hybridized carbons (Fsp3) is 0. The van der Waals surface area contributed by atoms with Crippen LogP contribution in [0.1, 0.15) is 0 Å². The molecule has 136 valence electrons. The summed E-state index contributed by atoms with van der Waals surface area (Å²) in [6, 6.07) is 41.6. The number of hydrogen-bond donors (Lipinski definition) is 0. The molecule has 0 aliphatic heterocycles. The van der Waals surface area contributed by atoms with Gasteiger partial charge in [-0.15, -0.1) is 0 Å². The van der Waals surface area contributed by atoms with Gasteiger partial charge in [-0.05, 0) is 48.5 Å². The molecule has 0 saturated carbocycles. The van der Waals surface area contributed by atoms with E-state index in [-0.39, 0.29) is 5.48 Å². The normalized spacial score (nSPS) is 9.48. The van der Waals surface area contributed by atoms with Crippen molar-refractivity contribution in [3.63, 3.8) is 0 Å². The summed E-state index contributed by atoms with van der Waals surface area (Å²) in [6.45, 7) is 0. The van der Waals surface area contributed by atoms with Gasteiger partial charge in [-0.25, -0.2) is 0 Å². The van der Waals surface area contributed by atoms with Crippen LogP contribution in [-0.4, -0.2) is 5.48 Å². The second-order valence-corrected chi connectivity index (χ2v) is 7.75. The summed E-state index contributed by atoms with van der Waals surface area (Å²) in [5.41, 5.74) is 0. The molecule has 4 rings (SSSR count).